The molecule has 9 nitrogen and oxygen atoms in total. The van der Waals surface area contributed by atoms with Gasteiger partial charge in [0.2, 0.25) is 0 Å². The Bertz CT molecular complexity index is 1760. The topological polar surface area (TPSA) is 125 Å². The standard InChI is InChI=1S/C27H24FN9/c1-15(22-10-31-12-24(32-22)37-13-17(29)14-37)7-8-21-16(2)25(36-35-21)27-33-23-11-30-9-19(26(23)34-27)18-5-3-4-6-20(18)28/h3-12,17,35H,2,13-14,29H2,1H3,(H,33,34)/b15-7+,21-8+. The van der Waals surface area contributed by atoms with Crippen LogP contribution in [0.2, 0.25) is 0 Å². The third kappa shape index (κ3) is 4.17. The van der Waals surface area contributed by atoms with Crippen LogP contribution in [-0.4, -0.2) is 54.2 Å². The molecule has 4 aromatic heterocycles. The summed E-state index contributed by atoms with van der Waals surface area (Å²) < 4.78 is 14.5. The van der Waals surface area contributed by atoms with Crippen LogP contribution < -0.4 is 21.2 Å². The lowest BCUT2D eigenvalue weighted by atomic mass is 10.1. The summed E-state index contributed by atoms with van der Waals surface area (Å²) in [5.41, 5.74) is 10.5. The second kappa shape index (κ2) is 9.07. The summed E-state index contributed by atoms with van der Waals surface area (Å²) in [6.45, 7) is 7.75. The Morgan fingerprint density at radius 2 is 1.92 bits per heavy atom. The molecule has 1 saturated heterocycles. The number of nitrogens with one attached hydrogen (secondary N) is 2. The number of benzene rings is 1. The third-order valence-electron chi connectivity index (χ3n) is 6.44. The van der Waals surface area contributed by atoms with Crippen molar-refractivity contribution in [3.05, 3.63) is 77.2 Å². The van der Waals surface area contributed by atoms with Gasteiger partial charge in [0, 0.05) is 41.7 Å². The number of hydrogen-bond acceptors (Lipinski definition) is 7. The van der Waals surface area contributed by atoms with Crippen LogP contribution in [0.4, 0.5) is 10.2 Å². The van der Waals surface area contributed by atoms with Gasteiger partial charge in [-0.15, -0.1) is 0 Å². The first-order valence-corrected chi connectivity index (χ1v) is 11.8. The normalized spacial score (nSPS) is 14.9. The smallest absolute Gasteiger partial charge is 0.159 e. The fourth-order valence-electron chi connectivity index (χ4n) is 4.33. The Morgan fingerprint density at radius 1 is 1.11 bits per heavy atom. The van der Waals surface area contributed by atoms with Crippen molar-refractivity contribution >= 4 is 35.1 Å². The number of H-pyrrole nitrogens is 2. The van der Waals surface area contributed by atoms with Crippen LogP contribution in [0.3, 0.4) is 0 Å². The number of nitrogens with two attached hydrogens (primary N) is 1. The average molecular weight is 494 g/mol. The highest BCUT2D eigenvalue weighted by Crippen LogP contribution is 2.29. The van der Waals surface area contributed by atoms with E-state index in [0.717, 1.165) is 35.5 Å². The lowest BCUT2D eigenvalue weighted by Gasteiger charge is -2.37. The van der Waals surface area contributed by atoms with Gasteiger partial charge in [-0.05, 0) is 24.6 Å². The molecule has 0 radical (unpaired) electrons. The van der Waals surface area contributed by atoms with E-state index < -0.39 is 0 Å². The van der Waals surface area contributed by atoms with Crippen LogP contribution >= 0.6 is 0 Å². The molecule has 0 atom stereocenters. The molecular weight excluding hydrogens is 469 g/mol. The second-order valence-corrected chi connectivity index (χ2v) is 9.06. The Morgan fingerprint density at radius 3 is 2.73 bits per heavy atom. The number of halogens is 1. The maximum atomic E-state index is 14.5. The molecule has 5 heterocycles. The first-order valence-electron chi connectivity index (χ1n) is 11.8. The molecular formula is C27H24FN9. The molecule has 184 valence electrons. The summed E-state index contributed by atoms with van der Waals surface area (Å²) in [5, 5.41) is 8.87. The summed E-state index contributed by atoms with van der Waals surface area (Å²) >= 11 is 0. The first kappa shape index (κ1) is 22.7. The van der Waals surface area contributed by atoms with Crippen molar-refractivity contribution in [1.82, 2.24) is 35.1 Å². The molecule has 0 saturated carbocycles. The van der Waals surface area contributed by atoms with Crippen molar-refractivity contribution < 1.29 is 4.39 Å². The Balaban J connectivity index is 1.32. The summed E-state index contributed by atoms with van der Waals surface area (Å²) in [7, 11) is 0. The molecule has 1 aliphatic heterocycles. The maximum Gasteiger partial charge on any atom is 0.159 e. The van der Waals surface area contributed by atoms with Crippen molar-refractivity contribution in [3.63, 3.8) is 0 Å². The highest BCUT2D eigenvalue weighted by atomic mass is 19.1. The predicted molar refractivity (Wildman–Crippen MR) is 142 cm³/mol. The minimum absolute atomic E-state index is 0.189. The van der Waals surface area contributed by atoms with Crippen molar-refractivity contribution in [2.75, 3.05) is 18.0 Å². The molecule has 4 N–H and O–H groups in total. The number of hydrogen-bond donors (Lipinski definition) is 3. The molecule has 1 aliphatic rings. The van der Waals surface area contributed by atoms with Gasteiger partial charge in [-0.3, -0.25) is 15.1 Å². The Hall–Kier alpha value is -4.70. The van der Waals surface area contributed by atoms with E-state index in [0.29, 0.717) is 38.9 Å². The van der Waals surface area contributed by atoms with Gasteiger partial charge in [0.15, 0.2) is 5.82 Å². The van der Waals surface area contributed by atoms with E-state index in [1.807, 2.05) is 19.1 Å². The monoisotopic (exact) mass is 493 g/mol. The highest BCUT2D eigenvalue weighted by molar-refractivity contribution is 5.92. The first-order chi connectivity index (χ1) is 18.0. The minimum Gasteiger partial charge on any atom is -0.352 e. The number of anilines is 1. The fourth-order valence-corrected chi connectivity index (χ4v) is 4.33. The second-order valence-electron chi connectivity index (χ2n) is 9.06. The number of imidazole rings is 1. The van der Waals surface area contributed by atoms with Gasteiger partial charge in [-0.25, -0.2) is 14.4 Å². The van der Waals surface area contributed by atoms with E-state index in [9.17, 15) is 4.39 Å². The number of fused-ring (bicyclic) bond motifs is 1. The summed E-state index contributed by atoms with van der Waals surface area (Å²) in [4.78, 5) is 23.4. The van der Waals surface area contributed by atoms with Crippen LogP contribution in [0, 0.1) is 5.82 Å². The van der Waals surface area contributed by atoms with E-state index in [1.54, 1.807) is 43.0 Å². The molecule has 37 heavy (non-hydrogen) atoms. The zero-order valence-electron chi connectivity index (χ0n) is 20.1. The molecule has 0 unspecified atom stereocenters. The number of pyridine rings is 1. The van der Waals surface area contributed by atoms with Crippen molar-refractivity contribution in [2.24, 2.45) is 5.73 Å². The van der Waals surface area contributed by atoms with E-state index in [4.69, 9.17) is 15.7 Å². The highest BCUT2D eigenvalue weighted by Gasteiger charge is 2.24. The molecule has 5 aromatic rings. The summed E-state index contributed by atoms with van der Waals surface area (Å²) in [6.07, 6.45) is 10.6. The molecule has 0 bridgehead atoms. The Labute approximate surface area is 211 Å². The molecule has 0 amide bonds. The van der Waals surface area contributed by atoms with Crippen LogP contribution in [0.15, 0.2) is 55.1 Å². The summed E-state index contributed by atoms with van der Waals surface area (Å²) in [5.74, 6) is 1.01. The molecule has 0 aliphatic carbocycles. The largest absolute Gasteiger partial charge is 0.352 e. The van der Waals surface area contributed by atoms with Crippen LogP contribution in [-0.2, 0) is 0 Å². The van der Waals surface area contributed by atoms with Gasteiger partial charge in [0.1, 0.15) is 22.8 Å². The van der Waals surface area contributed by atoms with Crippen LogP contribution in [0.5, 0.6) is 0 Å². The Kier molecular flexibility index (Phi) is 5.57. The quantitative estimate of drug-likeness (QED) is 0.343. The van der Waals surface area contributed by atoms with Gasteiger partial charge < -0.3 is 15.6 Å². The number of nitrogens with zero attached hydrogens (tertiary/aromatic N) is 6. The van der Waals surface area contributed by atoms with E-state index in [2.05, 4.69) is 36.6 Å². The van der Waals surface area contributed by atoms with Crippen LogP contribution in [0.1, 0.15) is 12.6 Å². The number of aromatic amines is 2. The zero-order chi connectivity index (χ0) is 25.5. The van der Waals surface area contributed by atoms with Gasteiger partial charge in [-0.2, -0.15) is 5.10 Å². The molecule has 0 spiro atoms. The zero-order valence-corrected chi connectivity index (χ0v) is 20.1. The molecule has 1 fully saturated rings. The van der Waals surface area contributed by atoms with Crippen molar-refractivity contribution in [3.8, 4) is 22.6 Å². The van der Waals surface area contributed by atoms with Gasteiger partial charge in [-0.1, -0.05) is 30.9 Å². The third-order valence-corrected chi connectivity index (χ3v) is 6.44. The van der Waals surface area contributed by atoms with Gasteiger partial charge in [0.25, 0.3) is 0 Å². The molecule has 1 aromatic carbocycles. The number of aromatic nitrogens is 7. The van der Waals surface area contributed by atoms with E-state index >= 15 is 0 Å². The number of rotatable bonds is 5. The predicted octanol–water partition coefficient (Wildman–Crippen LogP) is 2.39. The van der Waals surface area contributed by atoms with Crippen LogP contribution in [0.25, 0.3) is 51.9 Å². The van der Waals surface area contributed by atoms with Gasteiger partial charge >= 0.3 is 0 Å². The van der Waals surface area contributed by atoms with E-state index in [-0.39, 0.29) is 11.9 Å². The number of allylic oxidation sites excluding steroid dienone is 2. The maximum absolute atomic E-state index is 14.5. The average Bonchev–Trinajstić information content (AvgIpc) is 3.49. The summed E-state index contributed by atoms with van der Waals surface area (Å²) in [6, 6.07) is 6.76. The lowest BCUT2D eigenvalue weighted by Crippen LogP contribution is -2.56. The molecule has 6 rings (SSSR count). The molecule has 10 heteroatoms. The fraction of sp³-hybridized carbons (Fsp3) is 0.148. The SMILES string of the molecule is C=c1c(-c2nc3c(-c4ccccc4F)cncc3[nH]2)n[nH]/c1=C/C=C(\C)c1cncc(N2CC(N)C2)n1. The minimum atomic E-state index is -0.332. The lowest BCUT2D eigenvalue weighted by molar-refractivity contribution is 0.513. The van der Waals surface area contributed by atoms with Crippen molar-refractivity contribution in [2.45, 2.75) is 13.0 Å². The van der Waals surface area contributed by atoms with E-state index in [1.165, 1.54) is 6.07 Å². The van der Waals surface area contributed by atoms with Gasteiger partial charge in [0.05, 0.1) is 35.2 Å². The van der Waals surface area contributed by atoms with Crippen molar-refractivity contribution in [1.29, 1.82) is 0 Å².